The number of hydrazone groups is 1. The maximum Gasteiger partial charge on any atom is 0.250 e. The van der Waals surface area contributed by atoms with Gasteiger partial charge in [-0.1, -0.05) is 108 Å². The van der Waals surface area contributed by atoms with E-state index >= 15 is 0 Å². The lowest BCUT2D eigenvalue weighted by atomic mass is 10.0. The van der Waals surface area contributed by atoms with E-state index in [0.717, 1.165) is 33.5 Å². The first-order chi connectivity index (χ1) is 18.6. The van der Waals surface area contributed by atoms with Crippen LogP contribution in [0.1, 0.15) is 11.1 Å². The molecular weight excluding hydrogens is 514 g/mol. The van der Waals surface area contributed by atoms with E-state index in [2.05, 4.69) is 32.9 Å². The maximum absolute atomic E-state index is 12.5. The largest absolute Gasteiger partial charge is 0.272 e. The quantitative estimate of drug-likeness (QED) is 0.134. The Bertz CT molecular complexity index is 1550. The summed E-state index contributed by atoms with van der Waals surface area (Å²) in [7, 11) is 0. The van der Waals surface area contributed by atoms with Gasteiger partial charge < -0.3 is 0 Å². The summed E-state index contributed by atoms with van der Waals surface area (Å²) in [6.45, 7) is 2.04. The number of hydrogen-bond acceptors (Lipinski definition) is 5. The minimum atomic E-state index is -0.241. The van der Waals surface area contributed by atoms with Gasteiger partial charge in [-0.05, 0) is 47.9 Å². The zero-order chi connectivity index (χ0) is 26.3. The highest BCUT2D eigenvalue weighted by Crippen LogP contribution is 2.29. The van der Waals surface area contributed by atoms with E-state index in [1.165, 1.54) is 11.8 Å². The summed E-state index contributed by atoms with van der Waals surface area (Å²) in [5.41, 5.74) is 8.70. The van der Waals surface area contributed by atoms with Gasteiger partial charge in [-0.15, -0.1) is 10.2 Å². The second kappa shape index (κ2) is 11.9. The molecule has 0 saturated heterocycles. The molecule has 1 aromatic heterocycles. The van der Waals surface area contributed by atoms with Crippen molar-refractivity contribution >= 4 is 35.5 Å². The van der Waals surface area contributed by atoms with Crippen LogP contribution in [-0.2, 0) is 4.79 Å². The molecule has 0 aliphatic carbocycles. The standard InChI is InChI=1S/C30H24ClN5OS/c1-21-7-11-25(12-8-21)29-34-35-30(36(29)27-17-15-26(31)16-18-27)38-20-28(37)33-32-19-22-9-13-24(14-10-22)23-5-3-2-4-6-23/h2-19H,20H2,1H3,(H,33,37). The normalized spacial score (nSPS) is 11.1. The lowest BCUT2D eigenvalue weighted by Gasteiger charge is -2.10. The van der Waals surface area contributed by atoms with Crippen molar-refractivity contribution in [1.29, 1.82) is 0 Å². The molecule has 0 unspecified atom stereocenters. The number of aromatic nitrogens is 3. The van der Waals surface area contributed by atoms with Gasteiger partial charge in [0.05, 0.1) is 12.0 Å². The Labute approximate surface area is 230 Å². The van der Waals surface area contributed by atoms with Gasteiger partial charge in [0, 0.05) is 16.3 Å². The van der Waals surface area contributed by atoms with Crippen LogP contribution in [0.5, 0.6) is 0 Å². The van der Waals surface area contributed by atoms with Crippen LogP contribution in [0.2, 0.25) is 5.02 Å². The highest BCUT2D eigenvalue weighted by molar-refractivity contribution is 7.99. The number of hydrogen-bond donors (Lipinski definition) is 1. The number of amides is 1. The van der Waals surface area contributed by atoms with Crippen LogP contribution in [0, 0.1) is 6.92 Å². The summed E-state index contributed by atoms with van der Waals surface area (Å²) < 4.78 is 1.93. The van der Waals surface area contributed by atoms with Crippen LogP contribution in [0.15, 0.2) is 113 Å². The molecule has 188 valence electrons. The van der Waals surface area contributed by atoms with Crippen LogP contribution in [-0.4, -0.2) is 32.6 Å². The van der Waals surface area contributed by atoms with Crippen LogP contribution >= 0.6 is 23.4 Å². The number of carbonyl (C=O) groups is 1. The van der Waals surface area contributed by atoms with Crippen molar-refractivity contribution in [2.45, 2.75) is 12.1 Å². The fraction of sp³-hybridized carbons (Fsp3) is 0.0667. The van der Waals surface area contributed by atoms with E-state index in [9.17, 15) is 4.79 Å². The van der Waals surface area contributed by atoms with Crippen molar-refractivity contribution in [3.8, 4) is 28.2 Å². The molecule has 6 nitrogen and oxygen atoms in total. The molecule has 0 spiro atoms. The Morgan fingerprint density at radius 3 is 2.24 bits per heavy atom. The van der Waals surface area contributed by atoms with Gasteiger partial charge in [-0.3, -0.25) is 9.36 Å². The number of benzene rings is 4. The van der Waals surface area contributed by atoms with Crippen LogP contribution in [0.25, 0.3) is 28.2 Å². The third-order valence-corrected chi connectivity index (χ3v) is 6.96. The van der Waals surface area contributed by atoms with E-state index in [-0.39, 0.29) is 11.7 Å². The van der Waals surface area contributed by atoms with Crippen molar-refractivity contribution in [2.75, 3.05) is 5.75 Å². The first-order valence-corrected chi connectivity index (χ1v) is 13.3. The molecule has 0 radical (unpaired) electrons. The van der Waals surface area contributed by atoms with Crippen molar-refractivity contribution < 1.29 is 4.79 Å². The molecule has 0 bridgehead atoms. The predicted molar refractivity (Wildman–Crippen MR) is 155 cm³/mol. The van der Waals surface area contributed by atoms with E-state index in [1.54, 1.807) is 6.21 Å². The molecule has 1 heterocycles. The van der Waals surface area contributed by atoms with Gasteiger partial charge in [-0.25, -0.2) is 5.43 Å². The number of carbonyl (C=O) groups excluding carboxylic acids is 1. The van der Waals surface area contributed by atoms with E-state index in [1.807, 2.05) is 102 Å². The van der Waals surface area contributed by atoms with E-state index < -0.39 is 0 Å². The van der Waals surface area contributed by atoms with Crippen LogP contribution < -0.4 is 5.43 Å². The SMILES string of the molecule is Cc1ccc(-c2nnc(SCC(=O)NN=Cc3ccc(-c4ccccc4)cc3)n2-c2ccc(Cl)cc2)cc1. The summed E-state index contributed by atoms with van der Waals surface area (Å²) >= 11 is 7.40. The molecule has 1 N–H and O–H groups in total. The van der Waals surface area contributed by atoms with Crippen molar-refractivity contribution in [2.24, 2.45) is 5.10 Å². The number of rotatable bonds is 8. The van der Waals surface area contributed by atoms with Gasteiger partial charge in [0.25, 0.3) is 5.91 Å². The summed E-state index contributed by atoms with van der Waals surface area (Å²) in [5.74, 6) is 0.575. The summed E-state index contributed by atoms with van der Waals surface area (Å²) in [6, 6.07) is 33.7. The third-order valence-electron chi connectivity index (χ3n) is 5.78. The minimum Gasteiger partial charge on any atom is -0.272 e. The smallest absolute Gasteiger partial charge is 0.250 e. The number of nitrogens with one attached hydrogen (secondary N) is 1. The Kier molecular flexibility index (Phi) is 7.97. The van der Waals surface area contributed by atoms with Gasteiger partial charge >= 0.3 is 0 Å². The number of aryl methyl sites for hydroxylation is 1. The number of halogens is 1. The summed E-state index contributed by atoms with van der Waals surface area (Å²) in [4.78, 5) is 12.5. The molecule has 8 heteroatoms. The Hall–Kier alpha value is -4.20. The van der Waals surface area contributed by atoms with Crippen molar-refractivity contribution in [3.05, 3.63) is 119 Å². The lowest BCUT2D eigenvalue weighted by molar-refractivity contribution is -0.118. The fourth-order valence-electron chi connectivity index (χ4n) is 3.81. The molecule has 4 aromatic carbocycles. The molecule has 0 atom stereocenters. The topological polar surface area (TPSA) is 72.2 Å². The monoisotopic (exact) mass is 537 g/mol. The second-order valence-corrected chi connectivity index (χ2v) is 9.93. The Morgan fingerprint density at radius 2 is 1.53 bits per heavy atom. The molecule has 1 amide bonds. The van der Waals surface area contributed by atoms with Gasteiger partial charge in [0.2, 0.25) is 0 Å². The number of nitrogens with zero attached hydrogens (tertiary/aromatic N) is 4. The maximum atomic E-state index is 12.5. The van der Waals surface area contributed by atoms with Gasteiger partial charge in [0.1, 0.15) is 0 Å². The average molecular weight is 538 g/mol. The van der Waals surface area contributed by atoms with E-state index in [4.69, 9.17) is 11.6 Å². The molecule has 5 rings (SSSR count). The fourth-order valence-corrected chi connectivity index (χ4v) is 4.68. The van der Waals surface area contributed by atoms with Gasteiger partial charge in [0.15, 0.2) is 11.0 Å². The Morgan fingerprint density at radius 1 is 0.868 bits per heavy atom. The zero-order valence-corrected chi connectivity index (χ0v) is 22.2. The highest BCUT2D eigenvalue weighted by atomic mass is 35.5. The number of thioether (sulfide) groups is 1. The van der Waals surface area contributed by atoms with Crippen molar-refractivity contribution in [3.63, 3.8) is 0 Å². The minimum absolute atomic E-state index is 0.129. The first-order valence-electron chi connectivity index (χ1n) is 12.0. The van der Waals surface area contributed by atoms with Crippen LogP contribution in [0.4, 0.5) is 0 Å². The molecule has 0 saturated carbocycles. The third kappa shape index (κ3) is 6.19. The molecular formula is C30H24ClN5OS. The molecule has 0 aliphatic heterocycles. The van der Waals surface area contributed by atoms with Crippen LogP contribution in [0.3, 0.4) is 0 Å². The van der Waals surface area contributed by atoms with Crippen molar-refractivity contribution in [1.82, 2.24) is 20.2 Å². The van der Waals surface area contributed by atoms with E-state index in [0.29, 0.717) is 16.0 Å². The molecule has 5 aromatic rings. The van der Waals surface area contributed by atoms with Gasteiger partial charge in [-0.2, -0.15) is 5.10 Å². The molecule has 0 aliphatic rings. The summed E-state index contributed by atoms with van der Waals surface area (Å²) in [5, 5.41) is 14.1. The molecule has 38 heavy (non-hydrogen) atoms. The predicted octanol–water partition coefficient (Wildman–Crippen LogP) is 6.81. The highest BCUT2D eigenvalue weighted by Gasteiger charge is 2.17. The summed E-state index contributed by atoms with van der Waals surface area (Å²) in [6.07, 6.45) is 1.63. The first kappa shape index (κ1) is 25.4. The second-order valence-electron chi connectivity index (χ2n) is 8.55. The zero-order valence-electron chi connectivity index (χ0n) is 20.6. The average Bonchev–Trinajstić information content (AvgIpc) is 3.37. The lowest BCUT2D eigenvalue weighted by Crippen LogP contribution is -2.20. The molecule has 0 fully saturated rings. The Balaban J connectivity index is 1.25.